The average molecular weight is 469 g/mol. The molecule has 0 aliphatic carbocycles. The second-order valence-corrected chi connectivity index (χ2v) is 7.84. The van der Waals surface area contributed by atoms with E-state index < -0.39 is 5.69 Å². The van der Waals surface area contributed by atoms with Crippen LogP contribution in [0.25, 0.3) is 0 Å². The Kier molecular flexibility index (Phi) is 8.72. The number of carbonyl (C=O) groups is 3. The van der Waals surface area contributed by atoms with E-state index in [0.717, 1.165) is 4.47 Å². The van der Waals surface area contributed by atoms with Gasteiger partial charge in [0.1, 0.15) is 5.69 Å². The van der Waals surface area contributed by atoms with Crippen molar-refractivity contribution < 1.29 is 19.1 Å². The smallest absolute Gasteiger partial charge is 0.323 e. The van der Waals surface area contributed by atoms with Crippen LogP contribution in [-0.4, -0.2) is 39.9 Å². The van der Waals surface area contributed by atoms with Gasteiger partial charge < -0.3 is 14.7 Å². The van der Waals surface area contributed by atoms with Crippen molar-refractivity contribution in [2.75, 3.05) is 12.4 Å². The molecule has 2 N–H and O–H groups in total. The summed E-state index contributed by atoms with van der Waals surface area (Å²) in [5.74, 6) is -0.0825. The van der Waals surface area contributed by atoms with Gasteiger partial charge in [0.2, 0.25) is 0 Å². The molecule has 28 heavy (non-hydrogen) atoms. The maximum atomic E-state index is 12.3. The molecular weight excluding hydrogens is 448 g/mol. The lowest BCUT2D eigenvalue weighted by molar-refractivity contribution is -0.143. The van der Waals surface area contributed by atoms with E-state index in [2.05, 4.69) is 25.9 Å². The van der Waals surface area contributed by atoms with Crippen LogP contribution in [0.1, 0.15) is 52.7 Å². The number of nitrogens with one attached hydrogen (secondary N) is 2. The summed E-state index contributed by atoms with van der Waals surface area (Å²) in [6, 6.07) is 7.08. The quantitative estimate of drug-likeness (QED) is 0.385. The minimum Gasteiger partial charge on any atom is -0.466 e. The van der Waals surface area contributed by atoms with E-state index in [0.29, 0.717) is 30.0 Å². The zero-order valence-corrected chi connectivity index (χ0v) is 17.8. The third-order valence-corrected chi connectivity index (χ3v) is 5.31. The second-order valence-electron chi connectivity index (χ2n) is 5.94. The van der Waals surface area contributed by atoms with E-state index in [-0.39, 0.29) is 41.8 Å². The average Bonchev–Trinajstić information content (AvgIpc) is 3.03. The number of ether oxygens (including phenoxy) is 1. The number of benzene rings is 1. The van der Waals surface area contributed by atoms with Crippen LogP contribution in [0, 0.1) is 0 Å². The summed E-state index contributed by atoms with van der Waals surface area (Å²) in [5.41, 5.74) is 0.800. The fourth-order valence-electron chi connectivity index (χ4n) is 2.48. The van der Waals surface area contributed by atoms with Gasteiger partial charge in [-0.15, -0.1) is 11.8 Å². The van der Waals surface area contributed by atoms with Crippen molar-refractivity contribution in [1.82, 2.24) is 9.97 Å². The third kappa shape index (κ3) is 6.79. The molecule has 7 nitrogen and oxygen atoms in total. The van der Waals surface area contributed by atoms with Crippen LogP contribution < -0.4 is 5.69 Å². The maximum Gasteiger partial charge on any atom is 0.323 e. The molecule has 2 aromatic rings. The zero-order chi connectivity index (χ0) is 20.5. The number of hydrogen-bond donors (Lipinski definition) is 2. The number of rotatable bonds is 11. The van der Waals surface area contributed by atoms with Crippen molar-refractivity contribution in [3.8, 4) is 0 Å². The molecule has 1 aromatic heterocycles. The van der Waals surface area contributed by atoms with Gasteiger partial charge >= 0.3 is 11.7 Å². The SMILES string of the molecule is CCOC(=O)CCCC(=O)c1[nH]c(=O)[nH]c1CSCC(=O)c1ccc(Br)cc1. The van der Waals surface area contributed by atoms with Gasteiger partial charge in [-0.25, -0.2) is 4.79 Å². The van der Waals surface area contributed by atoms with Crippen LogP contribution in [-0.2, 0) is 15.3 Å². The molecular formula is C19H21BrN2O5S. The first kappa shape index (κ1) is 22.2. The van der Waals surface area contributed by atoms with E-state index in [9.17, 15) is 19.2 Å². The van der Waals surface area contributed by atoms with E-state index in [1.54, 1.807) is 31.2 Å². The molecule has 0 fully saturated rings. The van der Waals surface area contributed by atoms with Crippen LogP contribution in [0.3, 0.4) is 0 Å². The third-order valence-electron chi connectivity index (χ3n) is 3.82. The minimum absolute atomic E-state index is 0.0299. The van der Waals surface area contributed by atoms with Crippen molar-refractivity contribution in [2.45, 2.75) is 31.9 Å². The van der Waals surface area contributed by atoms with Crippen LogP contribution in [0.15, 0.2) is 33.5 Å². The Bertz CT molecular complexity index is 888. The Hall–Kier alpha value is -2.13. The molecule has 0 radical (unpaired) electrons. The standard InChI is InChI=1S/C19H21BrN2O5S/c1-2-27-17(25)5-3-4-15(23)18-14(21-19(26)22-18)10-28-11-16(24)12-6-8-13(20)9-7-12/h6-9H,2-5,10-11H2,1H3,(H2,21,22,26). The van der Waals surface area contributed by atoms with Gasteiger partial charge in [-0.05, 0) is 25.5 Å². The molecule has 1 aromatic carbocycles. The predicted octanol–water partition coefficient (Wildman–Crippen LogP) is 3.50. The lowest BCUT2D eigenvalue weighted by Crippen LogP contribution is -2.08. The van der Waals surface area contributed by atoms with Crippen LogP contribution in [0.4, 0.5) is 0 Å². The molecule has 0 atom stereocenters. The Morgan fingerprint density at radius 3 is 2.46 bits per heavy atom. The summed E-state index contributed by atoms with van der Waals surface area (Å²) in [6.45, 7) is 2.03. The highest BCUT2D eigenvalue weighted by Crippen LogP contribution is 2.17. The van der Waals surface area contributed by atoms with Gasteiger partial charge in [0.15, 0.2) is 11.6 Å². The van der Waals surface area contributed by atoms with Crippen molar-refractivity contribution in [3.05, 3.63) is 56.2 Å². The van der Waals surface area contributed by atoms with Crippen molar-refractivity contribution in [1.29, 1.82) is 0 Å². The zero-order valence-electron chi connectivity index (χ0n) is 15.4. The number of aromatic nitrogens is 2. The number of thioether (sulfide) groups is 1. The van der Waals surface area contributed by atoms with Crippen LogP contribution in [0.5, 0.6) is 0 Å². The topological polar surface area (TPSA) is 109 Å². The summed E-state index contributed by atoms with van der Waals surface area (Å²) >= 11 is 4.64. The maximum absolute atomic E-state index is 12.3. The number of esters is 1. The molecule has 1 heterocycles. The fraction of sp³-hybridized carbons (Fsp3) is 0.368. The number of aromatic amines is 2. The summed E-state index contributed by atoms with van der Waals surface area (Å²) in [4.78, 5) is 52.6. The number of halogens is 1. The second kappa shape index (κ2) is 11.0. The van der Waals surface area contributed by atoms with Gasteiger partial charge in [-0.1, -0.05) is 28.1 Å². The predicted molar refractivity (Wildman–Crippen MR) is 111 cm³/mol. The van der Waals surface area contributed by atoms with Gasteiger partial charge in [-0.3, -0.25) is 14.4 Å². The summed E-state index contributed by atoms with van der Waals surface area (Å²) in [7, 11) is 0. The number of ketones is 2. The van der Waals surface area contributed by atoms with Gasteiger partial charge in [0, 0.05) is 28.6 Å². The number of hydrogen-bond acceptors (Lipinski definition) is 6. The van der Waals surface area contributed by atoms with E-state index in [1.807, 2.05) is 0 Å². The Balaban J connectivity index is 1.88. The van der Waals surface area contributed by atoms with Crippen molar-refractivity contribution in [2.24, 2.45) is 0 Å². The molecule has 150 valence electrons. The van der Waals surface area contributed by atoms with Crippen LogP contribution in [0.2, 0.25) is 0 Å². The number of Topliss-reactive ketones (excluding diaryl/α,β-unsaturated/α-hetero) is 2. The summed E-state index contributed by atoms with van der Waals surface area (Å²) in [5, 5.41) is 0. The van der Waals surface area contributed by atoms with Crippen molar-refractivity contribution in [3.63, 3.8) is 0 Å². The minimum atomic E-state index is -0.469. The molecule has 0 saturated heterocycles. The molecule has 0 spiro atoms. The monoisotopic (exact) mass is 468 g/mol. The first-order valence-electron chi connectivity index (χ1n) is 8.77. The highest BCUT2D eigenvalue weighted by molar-refractivity contribution is 9.10. The molecule has 0 bridgehead atoms. The highest BCUT2D eigenvalue weighted by atomic mass is 79.9. The van der Waals surface area contributed by atoms with Gasteiger partial charge in [0.05, 0.1) is 18.1 Å². The molecule has 0 amide bonds. The fourth-order valence-corrected chi connectivity index (χ4v) is 3.62. The number of carbonyl (C=O) groups excluding carboxylic acids is 3. The van der Waals surface area contributed by atoms with Gasteiger partial charge in [-0.2, -0.15) is 0 Å². The molecule has 2 rings (SSSR count). The molecule has 0 aliphatic heterocycles. The Morgan fingerprint density at radius 2 is 1.79 bits per heavy atom. The van der Waals surface area contributed by atoms with E-state index in [1.165, 1.54) is 11.8 Å². The molecule has 0 unspecified atom stereocenters. The Labute approximate surface area is 174 Å². The lowest BCUT2D eigenvalue weighted by atomic mass is 10.1. The first-order valence-corrected chi connectivity index (χ1v) is 10.7. The van der Waals surface area contributed by atoms with Crippen molar-refractivity contribution >= 4 is 45.2 Å². The largest absolute Gasteiger partial charge is 0.466 e. The molecule has 0 saturated carbocycles. The van der Waals surface area contributed by atoms with E-state index >= 15 is 0 Å². The normalized spacial score (nSPS) is 10.6. The van der Waals surface area contributed by atoms with Crippen LogP contribution >= 0.6 is 27.7 Å². The number of H-pyrrole nitrogens is 2. The Morgan fingerprint density at radius 1 is 1.07 bits per heavy atom. The highest BCUT2D eigenvalue weighted by Gasteiger charge is 2.16. The summed E-state index contributed by atoms with van der Waals surface area (Å²) in [6.07, 6.45) is 0.627. The van der Waals surface area contributed by atoms with Gasteiger partial charge in [0.25, 0.3) is 0 Å². The first-order chi connectivity index (χ1) is 13.4. The molecule has 0 aliphatic rings. The molecule has 9 heteroatoms. The van der Waals surface area contributed by atoms with E-state index in [4.69, 9.17) is 4.74 Å². The summed E-state index contributed by atoms with van der Waals surface area (Å²) < 4.78 is 5.72. The number of imidazole rings is 1. The lowest BCUT2D eigenvalue weighted by Gasteiger charge is -2.04.